The van der Waals surface area contributed by atoms with Gasteiger partial charge in [-0.2, -0.15) is 0 Å². The van der Waals surface area contributed by atoms with E-state index in [0.717, 1.165) is 0 Å². The standard InChI is InChI=1S/C10H19NO4/c1-9(2,7(11)8(12)13)6-5-14-10(3,4)15-6/h6-7H,5,11H2,1-4H3,(H,12,13). The summed E-state index contributed by atoms with van der Waals surface area (Å²) in [5.41, 5.74) is 4.97. The van der Waals surface area contributed by atoms with E-state index in [1.165, 1.54) is 0 Å². The molecule has 1 rings (SSSR count). The molecule has 1 heterocycles. The van der Waals surface area contributed by atoms with Crippen molar-refractivity contribution < 1.29 is 19.4 Å². The quantitative estimate of drug-likeness (QED) is 0.722. The Hall–Kier alpha value is -0.650. The maximum atomic E-state index is 10.8. The maximum Gasteiger partial charge on any atom is 0.321 e. The first-order chi connectivity index (χ1) is 6.67. The molecule has 0 bridgehead atoms. The predicted molar refractivity (Wildman–Crippen MR) is 54.3 cm³/mol. The number of carboxylic acids is 1. The van der Waals surface area contributed by atoms with E-state index in [1.807, 2.05) is 0 Å². The molecule has 0 aromatic rings. The Kier molecular flexibility index (Phi) is 3.09. The molecule has 5 nitrogen and oxygen atoms in total. The van der Waals surface area contributed by atoms with Gasteiger partial charge in [0, 0.05) is 5.41 Å². The second kappa shape index (κ2) is 3.73. The molecule has 0 radical (unpaired) electrons. The number of aliphatic carboxylic acids is 1. The average molecular weight is 217 g/mol. The second-order valence-corrected chi connectivity index (χ2v) is 4.95. The van der Waals surface area contributed by atoms with Crippen LogP contribution in [0, 0.1) is 5.41 Å². The third-order valence-electron chi connectivity index (χ3n) is 2.91. The Bertz CT molecular complexity index is 262. The molecule has 1 aliphatic rings. The molecule has 3 N–H and O–H groups in total. The molecule has 1 fully saturated rings. The maximum absolute atomic E-state index is 10.8. The molecule has 2 atom stereocenters. The third-order valence-corrected chi connectivity index (χ3v) is 2.91. The molecule has 0 spiro atoms. The van der Waals surface area contributed by atoms with Crippen LogP contribution in [0.1, 0.15) is 27.7 Å². The van der Waals surface area contributed by atoms with Gasteiger partial charge in [0.1, 0.15) is 6.04 Å². The number of ether oxygens (including phenoxy) is 2. The van der Waals surface area contributed by atoms with Gasteiger partial charge >= 0.3 is 5.97 Å². The molecule has 0 aromatic heterocycles. The van der Waals surface area contributed by atoms with Crippen LogP contribution in [0.15, 0.2) is 0 Å². The fourth-order valence-corrected chi connectivity index (χ4v) is 1.57. The minimum absolute atomic E-state index is 0.293. The van der Waals surface area contributed by atoms with E-state index in [4.69, 9.17) is 20.3 Å². The zero-order valence-corrected chi connectivity index (χ0v) is 9.61. The molecule has 1 saturated heterocycles. The smallest absolute Gasteiger partial charge is 0.321 e. The van der Waals surface area contributed by atoms with Gasteiger partial charge in [0.2, 0.25) is 0 Å². The first-order valence-corrected chi connectivity index (χ1v) is 4.97. The van der Waals surface area contributed by atoms with Gasteiger partial charge in [-0.1, -0.05) is 13.8 Å². The van der Waals surface area contributed by atoms with Crippen molar-refractivity contribution in [2.75, 3.05) is 6.61 Å². The number of hydrogen-bond donors (Lipinski definition) is 2. The van der Waals surface area contributed by atoms with Crippen molar-refractivity contribution in [3.05, 3.63) is 0 Å². The van der Waals surface area contributed by atoms with Gasteiger partial charge in [-0.3, -0.25) is 4.79 Å². The van der Waals surface area contributed by atoms with Crippen LogP contribution in [0.5, 0.6) is 0 Å². The Morgan fingerprint density at radius 2 is 2.13 bits per heavy atom. The molecule has 1 aliphatic heterocycles. The number of carboxylic acid groups (broad SMARTS) is 1. The largest absolute Gasteiger partial charge is 0.480 e. The van der Waals surface area contributed by atoms with Crippen molar-refractivity contribution in [2.45, 2.75) is 45.6 Å². The SMILES string of the molecule is CC1(C)OCC(C(C)(C)C(N)C(=O)O)O1. The summed E-state index contributed by atoms with van der Waals surface area (Å²) in [5, 5.41) is 8.89. The highest BCUT2D eigenvalue weighted by molar-refractivity contribution is 5.74. The first-order valence-electron chi connectivity index (χ1n) is 4.97. The molecular formula is C10H19NO4. The highest BCUT2D eigenvalue weighted by Gasteiger charge is 2.46. The van der Waals surface area contributed by atoms with Crippen molar-refractivity contribution in [2.24, 2.45) is 11.1 Å². The monoisotopic (exact) mass is 217 g/mol. The summed E-state index contributed by atoms with van der Waals surface area (Å²) in [7, 11) is 0. The van der Waals surface area contributed by atoms with E-state index in [-0.39, 0.29) is 6.10 Å². The summed E-state index contributed by atoms with van der Waals surface area (Å²) >= 11 is 0. The van der Waals surface area contributed by atoms with Crippen LogP contribution < -0.4 is 5.73 Å². The topological polar surface area (TPSA) is 81.8 Å². The highest BCUT2D eigenvalue weighted by atomic mass is 16.7. The summed E-state index contributed by atoms with van der Waals surface area (Å²) in [6.07, 6.45) is -0.293. The second-order valence-electron chi connectivity index (χ2n) is 4.95. The average Bonchev–Trinajstić information content (AvgIpc) is 2.45. The van der Waals surface area contributed by atoms with Gasteiger partial charge in [0.25, 0.3) is 0 Å². The Balaban J connectivity index is 2.75. The Morgan fingerprint density at radius 1 is 1.60 bits per heavy atom. The molecule has 0 aromatic carbocycles. The van der Waals surface area contributed by atoms with Gasteiger partial charge in [-0.25, -0.2) is 0 Å². The van der Waals surface area contributed by atoms with E-state index >= 15 is 0 Å². The first kappa shape index (κ1) is 12.4. The van der Waals surface area contributed by atoms with Crippen molar-refractivity contribution in [1.29, 1.82) is 0 Å². The van der Waals surface area contributed by atoms with Gasteiger partial charge < -0.3 is 20.3 Å². The molecule has 0 aliphatic carbocycles. The molecule has 2 unspecified atom stereocenters. The number of hydrogen-bond acceptors (Lipinski definition) is 4. The van der Waals surface area contributed by atoms with Gasteiger partial charge in [0.15, 0.2) is 5.79 Å². The summed E-state index contributed by atoms with van der Waals surface area (Å²) in [4.78, 5) is 10.8. The van der Waals surface area contributed by atoms with Crippen LogP contribution in [0.25, 0.3) is 0 Å². The van der Waals surface area contributed by atoms with Crippen LogP contribution in [0.2, 0.25) is 0 Å². The van der Waals surface area contributed by atoms with Crippen molar-refractivity contribution in [3.8, 4) is 0 Å². The van der Waals surface area contributed by atoms with Gasteiger partial charge in [-0.05, 0) is 13.8 Å². The number of rotatable bonds is 3. The lowest BCUT2D eigenvalue weighted by Gasteiger charge is -2.34. The van der Waals surface area contributed by atoms with E-state index in [0.29, 0.717) is 6.61 Å². The van der Waals surface area contributed by atoms with Crippen LogP contribution in [0.3, 0.4) is 0 Å². The Morgan fingerprint density at radius 3 is 2.47 bits per heavy atom. The Labute approximate surface area is 89.5 Å². The van der Waals surface area contributed by atoms with Crippen LogP contribution in [-0.4, -0.2) is 35.6 Å². The van der Waals surface area contributed by atoms with Gasteiger partial charge in [-0.15, -0.1) is 0 Å². The molecule has 88 valence electrons. The lowest BCUT2D eigenvalue weighted by Crippen LogP contribution is -2.51. The predicted octanol–water partition coefficient (Wildman–Crippen LogP) is 0.576. The summed E-state index contributed by atoms with van der Waals surface area (Å²) in [6, 6.07) is -0.958. The lowest BCUT2D eigenvalue weighted by atomic mass is 9.79. The van der Waals surface area contributed by atoms with Crippen molar-refractivity contribution >= 4 is 5.97 Å². The van der Waals surface area contributed by atoms with Crippen LogP contribution in [-0.2, 0) is 14.3 Å². The summed E-state index contributed by atoms with van der Waals surface area (Å²) in [5.74, 6) is -1.67. The van der Waals surface area contributed by atoms with Crippen LogP contribution in [0.4, 0.5) is 0 Å². The van der Waals surface area contributed by atoms with Crippen molar-refractivity contribution in [3.63, 3.8) is 0 Å². The summed E-state index contributed by atoms with van der Waals surface area (Å²) < 4.78 is 11.0. The molecule has 0 saturated carbocycles. The highest BCUT2D eigenvalue weighted by Crippen LogP contribution is 2.35. The zero-order valence-electron chi connectivity index (χ0n) is 9.61. The number of carbonyl (C=O) groups is 1. The number of nitrogens with two attached hydrogens (primary N) is 1. The minimum atomic E-state index is -1.02. The van der Waals surface area contributed by atoms with Gasteiger partial charge in [0.05, 0.1) is 12.7 Å². The molecular weight excluding hydrogens is 198 g/mol. The molecule has 15 heavy (non-hydrogen) atoms. The fourth-order valence-electron chi connectivity index (χ4n) is 1.57. The molecule has 0 amide bonds. The molecule has 5 heteroatoms. The third kappa shape index (κ3) is 2.48. The minimum Gasteiger partial charge on any atom is -0.480 e. The van der Waals surface area contributed by atoms with E-state index in [2.05, 4.69) is 0 Å². The van der Waals surface area contributed by atoms with Crippen molar-refractivity contribution in [1.82, 2.24) is 0 Å². The van der Waals surface area contributed by atoms with E-state index in [9.17, 15) is 4.79 Å². The van der Waals surface area contributed by atoms with E-state index in [1.54, 1.807) is 27.7 Å². The van der Waals surface area contributed by atoms with Crippen LogP contribution >= 0.6 is 0 Å². The normalized spacial score (nSPS) is 27.7. The summed E-state index contributed by atoms with van der Waals surface area (Å²) in [6.45, 7) is 7.54. The lowest BCUT2D eigenvalue weighted by molar-refractivity contribution is -0.160. The van der Waals surface area contributed by atoms with E-state index < -0.39 is 23.2 Å². The zero-order chi connectivity index (χ0) is 11.9. The fraction of sp³-hybridized carbons (Fsp3) is 0.900.